The maximum atomic E-state index is 13.7. The summed E-state index contributed by atoms with van der Waals surface area (Å²) in [5.41, 5.74) is 3.86. The van der Waals surface area contributed by atoms with E-state index in [-0.39, 0.29) is 18.4 Å². The molecule has 1 aromatic heterocycles. The molecule has 4 rings (SSSR count). The topological polar surface area (TPSA) is 65.6 Å². The molecular formula is C31H35N3O3. The molecular weight excluding hydrogens is 462 g/mol. The largest absolute Gasteiger partial charge is 0.497 e. The number of unbranched alkanes of at least 4 members (excludes halogenated alkanes) is 1. The highest BCUT2D eigenvalue weighted by Gasteiger charge is 2.23. The fraction of sp³-hybridized carbons (Fsp3) is 0.290. The van der Waals surface area contributed by atoms with Crippen LogP contribution in [0, 0.1) is 0 Å². The molecule has 6 nitrogen and oxygen atoms in total. The number of H-pyrrole nitrogens is 1. The summed E-state index contributed by atoms with van der Waals surface area (Å²) in [6.45, 7) is 3.71. The Kier molecular flexibility index (Phi) is 8.98. The molecule has 0 aliphatic heterocycles. The first-order valence-corrected chi connectivity index (χ1v) is 12.9. The Hall–Kier alpha value is -4.06. The average Bonchev–Trinajstić information content (AvgIpc) is 3.36. The molecule has 0 saturated carbocycles. The van der Waals surface area contributed by atoms with Crippen molar-refractivity contribution in [2.45, 2.75) is 32.7 Å². The highest BCUT2D eigenvalue weighted by molar-refractivity contribution is 5.97. The number of fused-ring (bicyclic) bond motifs is 1. The predicted molar refractivity (Wildman–Crippen MR) is 148 cm³/mol. The van der Waals surface area contributed by atoms with Gasteiger partial charge in [0, 0.05) is 42.3 Å². The van der Waals surface area contributed by atoms with Crippen molar-refractivity contribution in [1.29, 1.82) is 0 Å². The van der Waals surface area contributed by atoms with Crippen molar-refractivity contribution in [3.63, 3.8) is 0 Å². The van der Waals surface area contributed by atoms with Crippen LogP contribution in [0.3, 0.4) is 0 Å². The second kappa shape index (κ2) is 12.8. The number of aromatic amines is 1. The molecule has 0 radical (unpaired) electrons. The number of carbonyl (C=O) groups excluding carboxylic acids is 2. The van der Waals surface area contributed by atoms with E-state index in [2.05, 4.69) is 24.0 Å². The Morgan fingerprint density at radius 1 is 0.892 bits per heavy atom. The first kappa shape index (κ1) is 26.0. The van der Waals surface area contributed by atoms with E-state index >= 15 is 0 Å². The van der Waals surface area contributed by atoms with Crippen molar-refractivity contribution in [2.24, 2.45) is 0 Å². The highest BCUT2D eigenvalue weighted by Crippen LogP contribution is 2.19. The molecule has 1 N–H and O–H groups in total. The molecule has 0 saturated heterocycles. The lowest BCUT2D eigenvalue weighted by Crippen LogP contribution is -2.43. The minimum atomic E-state index is -0.156. The van der Waals surface area contributed by atoms with Gasteiger partial charge in [-0.15, -0.1) is 0 Å². The van der Waals surface area contributed by atoms with Crippen LogP contribution >= 0.6 is 0 Å². The number of amides is 2. The van der Waals surface area contributed by atoms with Gasteiger partial charge in [0.1, 0.15) is 12.3 Å². The quantitative estimate of drug-likeness (QED) is 0.273. The van der Waals surface area contributed by atoms with Gasteiger partial charge in [-0.1, -0.05) is 67.9 Å². The fourth-order valence-electron chi connectivity index (χ4n) is 4.49. The first-order valence-electron chi connectivity index (χ1n) is 12.9. The van der Waals surface area contributed by atoms with Gasteiger partial charge in [-0.3, -0.25) is 9.59 Å². The van der Waals surface area contributed by atoms with Gasteiger partial charge in [0.05, 0.1) is 7.11 Å². The fourth-order valence-corrected chi connectivity index (χ4v) is 4.49. The number of nitrogens with one attached hydrogen (secondary N) is 1. The maximum Gasteiger partial charge on any atom is 0.254 e. The van der Waals surface area contributed by atoms with Crippen LogP contribution in [0.1, 0.15) is 41.3 Å². The normalized spacial score (nSPS) is 10.9. The van der Waals surface area contributed by atoms with E-state index < -0.39 is 0 Å². The summed E-state index contributed by atoms with van der Waals surface area (Å²) in [6, 6.07) is 25.3. The number of methoxy groups -OCH3 is 1. The van der Waals surface area contributed by atoms with Gasteiger partial charge in [-0.25, -0.2) is 0 Å². The summed E-state index contributed by atoms with van der Waals surface area (Å²) in [5, 5.41) is 1.17. The number of rotatable bonds is 12. The number of ether oxygens (including phenoxy) is 1. The van der Waals surface area contributed by atoms with E-state index in [9.17, 15) is 9.59 Å². The van der Waals surface area contributed by atoms with Crippen molar-refractivity contribution in [2.75, 3.05) is 26.7 Å². The third kappa shape index (κ3) is 6.79. The van der Waals surface area contributed by atoms with E-state index in [0.717, 1.165) is 30.3 Å². The van der Waals surface area contributed by atoms with Crippen LogP contribution in [0.2, 0.25) is 0 Å². The Labute approximate surface area is 218 Å². The number of nitrogens with zero attached hydrogens (tertiary/aromatic N) is 2. The Balaban J connectivity index is 1.53. The SMILES string of the molecule is CCCCN(CC(=O)N(CCc1c[nH]c2ccccc12)Cc1ccccc1)C(=O)c1cccc(OC)c1. The highest BCUT2D eigenvalue weighted by atomic mass is 16.5. The molecule has 0 fully saturated rings. The summed E-state index contributed by atoms with van der Waals surface area (Å²) in [6.07, 6.45) is 4.51. The molecule has 192 valence electrons. The van der Waals surface area contributed by atoms with Gasteiger partial charge in [0.25, 0.3) is 5.91 Å². The van der Waals surface area contributed by atoms with E-state index in [4.69, 9.17) is 4.74 Å². The van der Waals surface area contributed by atoms with E-state index in [0.29, 0.717) is 30.9 Å². The number of carbonyl (C=O) groups is 2. The van der Waals surface area contributed by atoms with Crippen molar-refractivity contribution in [3.05, 3.63) is 102 Å². The molecule has 2 amide bonds. The predicted octanol–water partition coefficient (Wildman–Crippen LogP) is 5.69. The Morgan fingerprint density at radius 3 is 2.46 bits per heavy atom. The number of para-hydroxylation sites is 1. The molecule has 3 aromatic carbocycles. The summed E-state index contributed by atoms with van der Waals surface area (Å²) in [5.74, 6) is 0.407. The standard InChI is InChI=1S/C31H35N3O3/c1-3-4-18-34(31(36)25-13-10-14-27(20-25)37-2)23-30(35)33(22-24-11-6-5-7-12-24)19-17-26-21-32-29-16-9-8-15-28(26)29/h5-16,20-21,32H,3-4,17-19,22-23H2,1-2H3. The lowest BCUT2D eigenvalue weighted by Gasteiger charge is -2.28. The summed E-state index contributed by atoms with van der Waals surface area (Å²) in [7, 11) is 1.58. The minimum Gasteiger partial charge on any atom is -0.497 e. The van der Waals surface area contributed by atoms with Crippen LogP contribution in [0.5, 0.6) is 5.75 Å². The van der Waals surface area contributed by atoms with Crippen LogP contribution in [-0.4, -0.2) is 53.3 Å². The smallest absolute Gasteiger partial charge is 0.254 e. The number of benzene rings is 3. The third-order valence-electron chi connectivity index (χ3n) is 6.61. The van der Waals surface area contributed by atoms with Crippen LogP contribution in [0.25, 0.3) is 10.9 Å². The van der Waals surface area contributed by atoms with E-state index in [1.807, 2.05) is 59.6 Å². The van der Waals surface area contributed by atoms with Gasteiger partial charge in [0.2, 0.25) is 5.91 Å². The number of aromatic nitrogens is 1. The second-order valence-electron chi connectivity index (χ2n) is 9.22. The molecule has 0 aliphatic carbocycles. The second-order valence-corrected chi connectivity index (χ2v) is 9.22. The molecule has 6 heteroatoms. The summed E-state index contributed by atoms with van der Waals surface area (Å²) < 4.78 is 5.30. The van der Waals surface area contributed by atoms with Crippen molar-refractivity contribution >= 4 is 22.7 Å². The molecule has 4 aromatic rings. The van der Waals surface area contributed by atoms with Gasteiger partial charge in [-0.05, 0) is 48.2 Å². The van der Waals surface area contributed by atoms with E-state index in [1.165, 1.54) is 10.9 Å². The van der Waals surface area contributed by atoms with Crippen molar-refractivity contribution in [3.8, 4) is 5.75 Å². The molecule has 0 unspecified atom stereocenters. The Morgan fingerprint density at radius 2 is 1.68 bits per heavy atom. The monoisotopic (exact) mass is 497 g/mol. The van der Waals surface area contributed by atoms with Gasteiger partial charge >= 0.3 is 0 Å². The molecule has 37 heavy (non-hydrogen) atoms. The molecule has 0 atom stereocenters. The molecule has 0 spiro atoms. The van der Waals surface area contributed by atoms with Crippen LogP contribution in [0.15, 0.2) is 85.1 Å². The van der Waals surface area contributed by atoms with Crippen LogP contribution < -0.4 is 4.74 Å². The minimum absolute atomic E-state index is 0.0385. The molecule has 1 heterocycles. The van der Waals surface area contributed by atoms with Crippen molar-refractivity contribution in [1.82, 2.24) is 14.8 Å². The van der Waals surface area contributed by atoms with Gasteiger partial charge in [0.15, 0.2) is 0 Å². The molecule has 0 bridgehead atoms. The lowest BCUT2D eigenvalue weighted by molar-refractivity contribution is -0.132. The zero-order chi connectivity index (χ0) is 26.0. The zero-order valence-corrected chi connectivity index (χ0v) is 21.7. The molecule has 0 aliphatic rings. The lowest BCUT2D eigenvalue weighted by atomic mass is 10.1. The Bertz CT molecular complexity index is 1320. The van der Waals surface area contributed by atoms with Crippen molar-refractivity contribution < 1.29 is 14.3 Å². The first-order chi connectivity index (χ1) is 18.1. The van der Waals surface area contributed by atoms with Crippen LogP contribution in [-0.2, 0) is 17.8 Å². The average molecular weight is 498 g/mol. The van der Waals surface area contributed by atoms with Gasteiger partial charge < -0.3 is 19.5 Å². The van der Waals surface area contributed by atoms with Gasteiger partial charge in [-0.2, -0.15) is 0 Å². The zero-order valence-electron chi connectivity index (χ0n) is 21.7. The maximum absolute atomic E-state index is 13.7. The number of hydrogen-bond acceptors (Lipinski definition) is 3. The third-order valence-corrected chi connectivity index (χ3v) is 6.61. The summed E-state index contributed by atoms with van der Waals surface area (Å²) in [4.78, 5) is 34.0. The van der Waals surface area contributed by atoms with Crippen LogP contribution in [0.4, 0.5) is 0 Å². The number of hydrogen-bond donors (Lipinski definition) is 1. The van der Waals surface area contributed by atoms with E-state index in [1.54, 1.807) is 30.2 Å². The summed E-state index contributed by atoms with van der Waals surface area (Å²) >= 11 is 0.